The van der Waals surface area contributed by atoms with Crippen molar-refractivity contribution in [2.45, 2.75) is 57.0 Å². The lowest BCUT2D eigenvalue weighted by Gasteiger charge is -2.26. The summed E-state index contributed by atoms with van der Waals surface area (Å²) in [4.78, 5) is 19.4. The van der Waals surface area contributed by atoms with Crippen LogP contribution in [0.5, 0.6) is 0 Å². The van der Waals surface area contributed by atoms with Crippen molar-refractivity contribution in [1.82, 2.24) is 19.9 Å². The number of carbonyl (C=O) groups is 1. The monoisotopic (exact) mass is 407 g/mol. The van der Waals surface area contributed by atoms with Crippen LogP contribution in [0.1, 0.15) is 67.0 Å². The van der Waals surface area contributed by atoms with E-state index in [0.717, 1.165) is 56.5 Å². The second kappa shape index (κ2) is 8.05. The van der Waals surface area contributed by atoms with Crippen LogP contribution in [0.2, 0.25) is 0 Å². The molecule has 156 valence electrons. The maximum atomic E-state index is 13.8. The van der Waals surface area contributed by atoms with E-state index in [0.29, 0.717) is 11.3 Å². The number of halogens is 1. The summed E-state index contributed by atoms with van der Waals surface area (Å²) in [6.45, 7) is 0.845. The van der Waals surface area contributed by atoms with Crippen molar-refractivity contribution >= 4 is 17.4 Å². The van der Waals surface area contributed by atoms with E-state index in [9.17, 15) is 9.18 Å². The van der Waals surface area contributed by atoms with E-state index in [-0.39, 0.29) is 23.8 Å². The molecular weight excluding hydrogens is 381 g/mol. The number of aromatic nitrogens is 3. The van der Waals surface area contributed by atoms with Crippen molar-refractivity contribution in [3.8, 4) is 0 Å². The summed E-state index contributed by atoms with van der Waals surface area (Å²) < 4.78 is 15.4. The number of anilines is 1. The van der Waals surface area contributed by atoms with E-state index in [2.05, 4.69) is 15.2 Å². The quantitative estimate of drug-likeness (QED) is 0.702. The van der Waals surface area contributed by atoms with Crippen LogP contribution >= 0.6 is 0 Å². The Labute approximate surface area is 175 Å². The highest BCUT2D eigenvalue weighted by Crippen LogP contribution is 2.35. The molecule has 1 saturated heterocycles. The van der Waals surface area contributed by atoms with Crippen molar-refractivity contribution in [1.29, 1.82) is 0 Å². The van der Waals surface area contributed by atoms with Crippen LogP contribution in [0, 0.1) is 5.82 Å². The summed E-state index contributed by atoms with van der Waals surface area (Å²) >= 11 is 0. The molecule has 1 aliphatic heterocycles. The number of nitrogens with one attached hydrogen (secondary N) is 1. The highest BCUT2D eigenvalue weighted by molar-refractivity contribution is 5.93. The molecule has 2 aliphatic rings. The molecule has 1 saturated carbocycles. The highest BCUT2D eigenvalue weighted by Gasteiger charge is 2.28. The standard InChI is InChI=1S/C23H26FN5O/c24-17-7-4-6-16(14-17)19-10-5-13-28(19)22-12-11-21-25-15-20(29(21)27-22)23(30)26-18-8-2-1-3-9-18/h4,6-7,11-12,14-15,18-19H,1-3,5,8-10,13H2,(H,26,30). The van der Waals surface area contributed by atoms with Gasteiger partial charge in [-0.3, -0.25) is 4.79 Å². The van der Waals surface area contributed by atoms with Crippen LogP contribution in [0.4, 0.5) is 10.2 Å². The molecule has 3 heterocycles. The Kier molecular flexibility index (Phi) is 5.11. The number of nitrogens with zero attached hydrogens (tertiary/aromatic N) is 4. The second-order valence-corrected chi connectivity index (χ2v) is 8.32. The fourth-order valence-electron chi connectivity index (χ4n) is 4.78. The first kappa shape index (κ1) is 19.0. The minimum atomic E-state index is -0.223. The normalized spacial score (nSPS) is 20.0. The van der Waals surface area contributed by atoms with Gasteiger partial charge in [0.25, 0.3) is 5.91 Å². The van der Waals surface area contributed by atoms with Crippen LogP contribution in [0.15, 0.2) is 42.6 Å². The van der Waals surface area contributed by atoms with Crippen molar-refractivity contribution in [3.63, 3.8) is 0 Å². The zero-order chi connectivity index (χ0) is 20.5. The van der Waals surface area contributed by atoms with Gasteiger partial charge in [0, 0.05) is 12.6 Å². The number of rotatable bonds is 4. The molecule has 6 nitrogen and oxygen atoms in total. The predicted octanol–water partition coefficient (Wildman–Crippen LogP) is 4.27. The van der Waals surface area contributed by atoms with Gasteiger partial charge in [0.05, 0.1) is 12.2 Å². The first-order chi connectivity index (χ1) is 14.7. The fourth-order valence-corrected chi connectivity index (χ4v) is 4.78. The third kappa shape index (κ3) is 3.64. The number of hydrogen-bond donors (Lipinski definition) is 1. The Hall–Kier alpha value is -2.96. The molecule has 1 aliphatic carbocycles. The van der Waals surface area contributed by atoms with Crippen molar-refractivity contribution in [2.24, 2.45) is 0 Å². The average molecular weight is 407 g/mol. The van der Waals surface area contributed by atoms with Crippen molar-refractivity contribution in [2.75, 3.05) is 11.4 Å². The molecule has 1 N–H and O–H groups in total. The summed E-state index contributed by atoms with van der Waals surface area (Å²) in [5, 5.41) is 7.90. The molecule has 1 aromatic carbocycles. The second-order valence-electron chi connectivity index (χ2n) is 8.32. The molecule has 2 aromatic heterocycles. The van der Waals surface area contributed by atoms with E-state index < -0.39 is 0 Å². The number of amides is 1. The summed E-state index contributed by atoms with van der Waals surface area (Å²) in [7, 11) is 0. The molecule has 7 heteroatoms. The van der Waals surface area contributed by atoms with Gasteiger partial charge in [-0.25, -0.2) is 13.9 Å². The Morgan fingerprint density at radius 1 is 1.07 bits per heavy atom. The third-order valence-electron chi connectivity index (χ3n) is 6.30. The number of fused-ring (bicyclic) bond motifs is 1. The minimum Gasteiger partial charge on any atom is -0.348 e. The topological polar surface area (TPSA) is 62.5 Å². The number of carbonyl (C=O) groups excluding carboxylic acids is 1. The van der Waals surface area contributed by atoms with Gasteiger partial charge in [-0.1, -0.05) is 31.4 Å². The van der Waals surface area contributed by atoms with Gasteiger partial charge < -0.3 is 10.2 Å². The van der Waals surface area contributed by atoms with E-state index in [4.69, 9.17) is 5.10 Å². The van der Waals surface area contributed by atoms with E-state index in [1.165, 1.54) is 12.5 Å². The van der Waals surface area contributed by atoms with Crippen LogP contribution in [-0.2, 0) is 0 Å². The van der Waals surface area contributed by atoms with Gasteiger partial charge >= 0.3 is 0 Å². The molecule has 30 heavy (non-hydrogen) atoms. The summed E-state index contributed by atoms with van der Waals surface area (Å²) in [6, 6.07) is 10.9. The zero-order valence-electron chi connectivity index (χ0n) is 16.9. The van der Waals surface area contributed by atoms with Crippen molar-refractivity contribution < 1.29 is 9.18 Å². The minimum absolute atomic E-state index is 0.0775. The smallest absolute Gasteiger partial charge is 0.271 e. The number of benzene rings is 1. The van der Waals surface area contributed by atoms with E-state index in [1.807, 2.05) is 18.2 Å². The first-order valence-corrected chi connectivity index (χ1v) is 10.9. The van der Waals surface area contributed by atoms with Crippen LogP contribution < -0.4 is 10.2 Å². The van der Waals surface area contributed by atoms with Gasteiger partial charge in [-0.2, -0.15) is 0 Å². The first-order valence-electron chi connectivity index (χ1n) is 10.9. The zero-order valence-corrected chi connectivity index (χ0v) is 16.9. The highest BCUT2D eigenvalue weighted by atomic mass is 19.1. The molecule has 3 aromatic rings. The molecular formula is C23H26FN5O. The molecule has 5 rings (SSSR count). The number of hydrogen-bond acceptors (Lipinski definition) is 4. The van der Waals surface area contributed by atoms with Gasteiger partial charge in [0.2, 0.25) is 0 Å². The van der Waals surface area contributed by atoms with Gasteiger partial charge in [0.1, 0.15) is 11.6 Å². The summed E-state index contributed by atoms with van der Waals surface area (Å²) in [6.07, 6.45) is 9.19. The molecule has 1 unspecified atom stereocenters. The van der Waals surface area contributed by atoms with Crippen LogP contribution in [-0.4, -0.2) is 33.1 Å². The number of imidazole rings is 1. The van der Waals surface area contributed by atoms with Crippen molar-refractivity contribution in [3.05, 3.63) is 59.7 Å². The molecule has 2 fully saturated rings. The van der Waals surface area contributed by atoms with Gasteiger partial charge in [-0.05, 0) is 55.5 Å². The molecule has 0 bridgehead atoms. The average Bonchev–Trinajstić information content (AvgIpc) is 3.41. The van der Waals surface area contributed by atoms with Crippen LogP contribution in [0.3, 0.4) is 0 Å². The summed E-state index contributed by atoms with van der Waals surface area (Å²) in [5.74, 6) is 0.431. The largest absolute Gasteiger partial charge is 0.348 e. The van der Waals surface area contributed by atoms with E-state index in [1.54, 1.807) is 22.8 Å². The Balaban J connectivity index is 1.43. The molecule has 0 spiro atoms. The SMILES string of the molecule is O=C(NC1CCCCC1)c1cnc2ccc(N3CCCC3c3cccc(F)c3)nn12. The Bertz CT molecular complexity index is 1060. The third-order valence-corrected chi connectivity index (χ3v) is 6.30. The van der Waals surface area contributed by atoms with E-state index >= 15 is 0 Å². The summed E-state index contributed by atoms with van der Waals surface area (Å²) in [5.41, 5.74) is 2.06. The fraction of sp³-hybridized carbons (Fsp3) is 0.435. The lowest BCUT2D eigenvalue weighted by Crippen LogP contribution is -2.37. The maximum Gasteiger partial charge on any atom is 0.271 e. The molecule has 0 radical (unpaired) electrons. The Morgan fingerprint density at radius 3 is 2.77 bits per heavy atom. The Morgan fingerprint density at radius 2 is 1.93 bits per heavy atom. The van der Waals surface area contributed by atoms with Crippen LogP contribution in [0.25, 0.3) is 5.65 Å². The predicted molar refractivity (Wildman–Crippen MR) is 113 cm³/mol. The molecule has 1 amide bonds. The van der Waals surface area contributed by atoms with Gasteiger partial charge in [0.15, 0.2) is 11.3 Å². The maximum absolute atomic E-state index is 13.8. The molecule has 1 atom stereocenters. The van der Waals surface area contributed by atoms with Gasteiger partial charge in [-0.15, -0.1) is 5.10 Å². The lowest BCUT2D eigenvalue weighted by atomic mass is 9.95. The lowest BCUT2D eigenvalue weighted by molar-refractivity contribution is 0.0920.